The number of carbonyl (C=O) groups excluding carboxylic acids is 2. The molecule has 6 nitrogen and oxygen atoms in total. The molecule has 3 aromatic rings. The van der Waals surface area contributed by atoms with Crippen molar-refractivity contribution in [2.45, 2.75) is 6.42 Å². The van der Waals surface area contributed by atoms with Crippen molar-refractivity contribution < 1.29 is 9.59 Å². The number of rotatable bonds is 6. The van der Waals surface area contributed by atoms with Crippen LogP contribution in [0.15, 0.2) is 48.1 Å². The van der Waals surface area contributed by atoms with E-state index in [4.69, 9.17) is 23.2 Å². The van der Waals surface area contributed by atoms with E-state index < -0.39 is 0 Å². The fourth-order valence-corrected chi connectivity index (χ4v) is 3.70. The molecular weight excluding hydrogens is 419 g/mol. The van der Waals surface area contributed by atoms with Crippen LogP contribution in [0.4, 0.5) is 5.69 Å². The third kappa shape index (κ3) is 5.07. The van der Waals surface area contributed by atoms with Crippen LogP contribution >= 0.6 is 34.5 Å². The van der Waals surface area contributed by atoms with Gasteiger partial charge in [-0.15, -0.1) is 11.3 Å². The van der Waals surface area contributed by atoms with Crippen LogP contribution in [0, 0.1) is 0 Å². The van der Waals surface area contributed by atoms with Crippen molar-refractivity contribution in [1.82, 2.24) is 14.9 Å². The number of nitrogens with one attached hydrogen (secondary N) is 1. The number of amides is 2. The maximum absolute atomic E-state index is 12.4. The van der Waals surface area contributed by atoms with Gasteiger partial charge < -0.3 is 10.2 Å². The van der Waals surface area contributed by atoms with E-state index in [-0.39, 0.29) is 24.8 Å². The molecule has 0 saturated carbocycles. The summed E-state index contributed by atoms with van der Waals surface area (Å²) < 4.78 is 0. The van der Waals surface area contributed by atoms with Crippen LogP contribution in [0.5, 0.6) is 0 Å². The molecule has 28 heavy (non-hydrogen) atoms. The van der Waals surface area contributed by atoms with Crippen molar-refractivity contribution in [3.8, 4) is 10.6 Å². The van der Waals surface area contributed by atoms with E-state index in [1.54, 1.807) is 37.6 Å². The van der Waals surface area contributed by atoms with Crippen molar-refractivity contribution in [1.29, 1.82) is 0 Å². The zero-order valence-electron chi connectivity index (χ0n) is 14.9. The number of benzene rings is 1. The van der Waals surface area contributed by atoms with Crippen molar-refractivity contribution in [2.24, 2.45) is 0 Å². The number of hydrogen-bond acceptors (Lipinski definition) is 5. The van der Waals surface area contributed by atoms with E-state index in [1.807, 2.05) is 17.5 Å². The number of nitrogens with zero attached hydrogens (tertiary/aromatic N) is 3. The SMILES string of the molecule is CN(CC(=O)Nc1c(Cl)cccc1Cl)C(=O)Cc1csc(-c2cccnc2)n1. The Kier molecular flexibility index (Phi) is 6.61. The zero-order valence-corrected chi connectivity index (χ0v) is 17.2. The minimum atomic E-state index is -0.389. The first-order valence-electron chi connectivity index (χ1n) is 8.26. The number of halogens is 2. The van der Waals surface area contributed by atoms with Gasteiger partial charge in [0.05, 0.1) is 34.4 Å². The highest BCUT2D eigenvalue weighted by molar-refractivity contribution is 7.13. The molecule has 0 aliphatic rings. The molecule has 0 fully saturated rings. The fourth-order valence-electron chi connectivity index (χ4n) is 2.40. The second kappa shape index (κ2) is 9.14. The zero-order chi connectivity index (χ0) is 20.1. The molecule has 0 bridgehead atoms. The third-order valence-electron chi connectivity index (χ3n) is 3.83. The minimum absolute atomic E-state index is 0.105. The lowest BCUT2D eigenvalue weighted by Crippen LogP contribution is -2.36. The number of pyridine rings is 1. The highest BCUT2D eigenvalue weighted by Gasteiger charge is 2.17. The summed E-state index contributed by atoms with van der Waals surface area (Å²) >= 11 is 13.5. The van der Waals surface area contributed by atoms with Gasteiger partial charge in [0.15, 0.2) is 0 Å². The molecule has 2 aromatic heterocycles. The Bertz CT molecular complexity index is 974. The first kappa shape index (κ1) is 20.3. The lowest BCUT2D eigenvalue weighted by molar-refractivity contribution is -0.132. The van der Waals surface area contributed by atoms with Gasteiger partial charge >= 0.3 is 0 Å². The normalized spacial score (nSPS) is 10.5. The summed E-state index contributed by atoms with van der Waals surface area (Å²) in [6.45, 7) is -0.125. The van der Waals surface area contributed by atoms with E-state index in [0.717, 1.165) is 10.6 Å². The molecule has 0 saturated heterocycles. The molecule has 9 heteroatoms. The second-order valence-corrected chi connectivity index (χ2v) is 7.63. The van der Waals surface area contributed by atoms with Gasteiger partial charge in [-0.3, -0.25) is 14.6 Å². The van der Waals surface area contributed by atoms with Crippen molar-refractivity contribution >= 4 is 52.0 Å². The predicted octanol–water partition coefficient (Wildman–Crippen LogP) is 4.15. The Morgan fingerprint density at radius 2 is 1.93 bits per heavy atom. The maximum atomic E-state index is 12.4. The fraction of sp³-hybridized carbons (Fsp3) is 0.158. The topological polar surface area (TPSA) is 75.2 Å². The molecule has 0 aliphatic carbocycles. The number of thiazole rings is 1. The van der Waals surface area contributed by atoms with Gasteiger partial charge in [-0.2, -0.15) is 0 Å². The summed E-state index contributed by atoms with van der Waals surface area (Å²) in [7, 11) is 1.56. The maximum Gasteiger partial charge on any atom is 0.244 e. The van der Waals surface area contributed by atoms with Crippen LogP contribution in [0.2, 0.25) is 10.0 Å². The summed E-state index contributed by atoms with van der Waals surface area (Å²) in [4.78, 5) is 34.5. The van der Waals surface area contributed by atoms with Crippen molar-refractivity contribution in [3.63, 3.8) is 0 Å². The smallest absolute Gasteiger partial charge is 0.244 e. The second-order valence-electron chi connectivity index (χ2n) is 5.96. The van der Waals surface area contributed by atoms with Gasteiger partial charge in [-0.1, -0.05) is 29.3 Å². The van der Waals surface area contributed by atoms with Crippen LogP contribution in [0.3, 0.4) is 0 Å². The van der Waals surface area contributed by atoms with Gasteiger partial charge in [0.25, 0.3) is 0 Å². The molecule has 2 heterocycles. The summed E-state index contributed by atoms with van der Waals surface area (Å²) in [6, 6.07) is 8.68. The number of likely N-dealkylation sites (N-methyl/N-ethyl adjacent to an activating group) is 1. The molecule has 0 unspecified atom stereocenters. The lowest BCUT2D eigenvalue weighted by atomic mass is 10.3. The monoisotopic (exact) mass is 434 g/mol. The lowest BCUT2D eigenvalue weighted by Gasteiger charge is -2.17. The highest BCUT2D eigenvalue weighted by atomic mass is 35.5. The standard InChI is InChI=1S/C19H16Cl2N4O2S/c1-25(10-16(26)24-18-14(20)5-2-6-15(18)21)17(27)8-13-11-28-19(23-13)12-4-3-7-22-9-12/h2-7,9,11H,8,10H2,1H3,(H,24,26). The molecular formula is C19H16Cl2N4O2S. The van der Waals surface area contributed by atoms with E-state index in [2.05, 4.69) is 15.3 Å². The van der Waals surface area contributed by atoms with Crippen LogP contribution < -0.4 is 5.32 Å². The summed E-state index contributed by atoms with van der Waals surface area (Å²) in [6.07, 6.45) is 3.52. The molecule has 1 aromatic carbocycles. The van der Waals surface area contributed by atoms with Crippen LogP contribution in [0.25, 0.3) is 10.6 Å². The molecule has 0 aliphatic heterocycles. The number of aromatic nitrogens is 2. The van der Waals surface area contributed by atoms with Gasteiger partial charge in [0.2, 0.25) is 11.8 Å². The number of anilines is 1. The first-order chi connectivity index (χ1) is 13.4. The van der Waals surface area contributed by atoms with Crippen LogP contribution in [0.1, 0.15) is 5.69 Å². The minimum Gasteiger partial charge on any atom is -0.336 e. The number of carbonyl (C=O) groups is 2. The Morgan fingerprint density at radius 3 is 2.61 bits per heavy atom. The Balaban J connectivity index is 1.57. The van der Waals surface area contributed by atoms with E-state index in [9.17, 15) is 9.59 Å². The highest BCUT2D eigenvalue weighted by Crippen LogP contribution is 2.29. The average molecular weight is 435 g/mol. The first-order valence-corrected chi connectivity index (χ1v) is 9.90. The van der Waals surface area contributed by atoms with Gasteiger partial charge in [-0.25, -0.2) is 4.98 Å². The summed E-state index contributed by atoms with van der Waals surface area (Å²) in [5, 5.41) is 5.93. The molecule has 1 N–H and O–H groups in total. The van der Waals surface area contributed by atoms with Crippen molar-refractivity contribution in [2.75, 3.05) is 18.9 Å². The molecule has 3 rings (SSSR count). The van der Waals surface area contributed by atoms with Gasteiger partial charge in [0, 0.05) is 30.4 Å². The molecule has 0 atom stereocenters. The van der Waals surface area contributed by atoms with Crippen molar-refractivity contribution in [3.05, 3.63) is 63.8 Å². The average Bonchev–Trinajstić information content (AvgIpc) is 3.14. The summed E-state index contributed by atoms with van der Waals surface area (Å²) in [5.74, 6) is -0.608. The van der Waals surface area contributed by atoms with Crippen LogP contribution in [-0.2, 0) is 16.0 Å². The van der Waals surface area contributed by atoms with E-state index in [1.165, 1.54) is 16.2 Å². The van der Waals surface area contributed by atoms with Crippen LogP contribution in [-0.4, -0.2) is 40.3 Å². The van der Waals surface area contributed by atoms with Gasteiger partial charge in [0.1, 0.15) is 5.01 Å². The Labute approximate surface area is 176 Å². The Morgan fingerprint density at radius 1 is 1.18 bits per heavy atom. The molecule has 144 valence electrons. The molecule has 0 radical (unpaired) electrons. The largest absolute Gasteiger partial charge is 0.336 e. The van der Waals surface area contributed by atoms with Gasteiger partial charge in [-0.05, 0) is 24.3 Å². The third-order valence-corrected chi connectivity index (χ3v) is 5.40. The number of para-hydroxylation sites is 1. The summed E-state index contributed by atoms with van der Waals surface area (Å²) in [5.41, 5.74) is 1.88. The molecule has 2 amide bonds. The predicted molar refractivity (Wildman–Crippen MR) is 112 cm³/mol. The number of hydrogen-bond donors (Lipinski definition) is 1. The quantitative estimate of drug-likeness (QED) is 0.631. The van der Waals surface area contributed by atoms with E-state index in [0.29, 0.717) is 21.4 Å². The van der Waals surface area contributed by atoms with E-state index >= 15 is 0 Å². The Hall–Kier alpha value is -2.48. The molecule has 0 spiro atoms.